The van der Waals surface area contributed by atoms with Crippen LogP contribution in [-0.2, 0) is 11.3 Å². The van der Waals surface area contributed by atoms with Gasteiger partial charge in [0.05, 0.1) is 0 Å². The van der Waals surface area contributed by atoms with Crippen LogP contribution in [0.3, 0.4) is 0 Å². The summed E-state index contributed by atoms with van der Waals surface area (Å²) in [7, 11) is 1.28. The van der Waals surface area contributed by atoms with Gasteiger partial charge in [-0.25, -0.2) is 9.59 Å². The van der Waals surface area contributed by atoms with Crippen LogP contribution < -0.4 is 5.32 Å². The molecule has 5 nitrogen and oxygen atoms in total. The van der Waals surface area contributed by atoms with E-state index in [2.05, 4.69) is 0 Å². The third-order valence-electron chi connectivity index (χ3n) is 2.70. The number of thiophene rings is 1. The number of carboxylic acid groups (broad SMARTS) is 1. The number of carbonyl (C=O) groups excluding carboxylic acids is 1. The van der Waals surface area contributed by atoms with Crippen molar-refractivity contribution in [2.24, 2.45) is 0 Å². The second kappa shape index (κ2) is 5.70. The summed E-state index contributed by atoms with van der Waals surface area (Å²) in [6.07, 6.45) is -5.10. The van der Waals surface area contributed by atoms with Crippen molar-refractivity contribution in [2.75, 3.05) is 7.05 Å². The number of rotatable bonds is 4. The van der Waals surface area contributed by atoms with Crippen molar-refractivity contribution in [3.05, 3.63) is 22.4 Å². The van der Waals surface area contributed by atoms with Gasteiger partial charge in [-0.3, -0.25) is 0 Å². The smallest absolute Gasteiger partial charge is 0.422 e. The number of hydrogen-bond donors (Lipinski definition) is 2. The molecule has 0 saturated carbocycles. The van der Waals surface area contributed by atoms with Gasteiger partial charge in [0, 0.05) is 13.6 Å². The van der Waals surface area contributed by atoms with Gasteiger partial charge in [0.2, 0.25) is 5.54 Å². The van der Waals surface area contributed by atoms with Gasteiger partial charge in [0.1, 0.15) is 0 Å². The number of nitrogens with one attached hydrogen (secondary N) is 1. The van der Waals surface area contributed by atoms with E-state index < -0.39 is 23.7 Å². The van der Waals surface area contributed by atoms with Gasteiger partial charge >= 0.3 is 18.2 Å². The van der Waals surface area contributed by atoms with Crippen molar-refractivity contribution >= 4 is 23.3 Å². The third-order valence-corrected chi connectivity index (χ3v) is 3.43. The lowest BCUT2D eigenvalue weighted by atomic mass is 10.0. The normalized spacial score (nSPS) is 14.4. The summed E-state index contributed by atoms with van der Waals surface area (Å²) in [6.45, 7) is 0.495. The molecule has 0 radical (unpaired) electrons. The van der Waals surface area contributed by atoms with Crippen molar-refractivity contribution in [1.82, 2.24) is 10.2 Å². The van der Waals surface area contributed by atoms with Crippen molar-refractivity contribution in [3.63, 3.8) is 0 Å². The molecule has 1 heterocycles. The molecule has 0 saturated heterocycles. The van der Waals surface area contributed by atoms with E-state index in [4.69, 9.17) is 5.11 Å². The highest BCUT2D eigenvalue weighted by atomic mass is 32.1. The molecule has 0 aliphatic heterocycles. The van der Waals surface area contributed by atoms with E-state index in [0.717, 1.165) is 10.5 Å². The van der Waals surface area contributed by atoms with Crippen molar-refractivity contribution in [1.29, 1.82) is 0 Å². The molecule has 1 rings (SSSR count). The Kier molecular flexibility index (Phi) is 4.64. The molecule has 0 aromatic carbocycles. The Morgan fingerprint density at radius 3 is 2.45 bits per heavy atom. The minimum absolute atomic E-state index is 0.0862. The molecule has 112 valence electrons. The third kappa shape index (κ3) is 3.41. The monoisotopic (exact) mass is 310 g/mol. The Bertz CT molecular complexity index is 490. The number of alkyl halides is 3. The molecule has 1 aromatic rings. The molecule has 1 aromatic heterocycles. The number of aliphatic carboxylic acids is 1. The number of hydrogen-bond acceptors (Lipinski definition) is 3. The summed E-state index contributed by atoms with van der Waals surface area (Å²) in [5, 5.41) is 13.7. The standard InChI is InChI=1S/C11H13F3N2O3S/c1-10(8(17)18,11(12,13)14)15-9(19)16(2)5-7-3-4-20-6-7/h3-4,6H,5H2,1-2H3,(H,15,19)(H,17,18). The van der Waals surface area contributed by atoms with Gasteiger partial charge < -0.3 is 15.3 Å². The average Bonchev–Trinajstić information content (AvgIpc) is 2.79. The Morgan fingerprint density at radius 2 is 2.05 bits per heavy atom. The van der Waals surface area contributed by atoms with E-state index in [1.165, 1.54) is 23.7 Å². The van der Waals surface area contributed by atoms with E-state index in [0.29, 0.717) is 6.92 Å². The van der Waals surface area contributed by atoms with Gasteiger partial charge in [-0.05, 0) is 29.3 Å². The van der Waals surface area contributed by atoms with Gasteiger partial charge in [-0.15, -0.1) is 0 Å². The summed E-state index contributed by atoms with van der Waals surface area (Å²) >= 11 is 1.38. The van der Waals surface area contributed by atoms with E-state index in [1.807, 2.05) is 0 Å². The molecule has 2 amide bonds. The maximum Gasteiger partial charge on any atom is 0.422 e. The largest absolute Gasteiger partial charge is 0.479 e. The molecular weight excluding hydrogens is 297 g/mol. The van der Waals surface area contributed by atoms with Gasteiger partial charge in [0.25, 0.3) is 0 Å². The van der Waals surface area contributed by atoms with Gasteiger partial charge in [-0.1, -0.05) is 0 Å². The molecule has 0 aliphatic rings. The summed E-state index contributed by atoms with van der Waals surface area (Å²) in [4.78, 5) is 23.5. The first kappa shape index (κ1) is 16.3. The van der Waals surface area contributed by atoms with E-state index in [-0.39, 0.29) is 6.54 Å². The molecule has 1 unspecified atom stereocenters. The van der Waals surface area contributed by atoms with E-state index >= 15 is 0 Å². The fraction of sp³-hybridized carbons (Fsp3) is 0.455. The SMILES string of the molecule is CN(Cc1ccsc1)C(=O)NC(C)(C(=O)O)C(F)(F)F. The lowest BCUT2D eigenvalue weighted by Crippen LogP contribution is -2.63. The second-order valence-corrected chi connectivity index (χ2v) is 5.13. The van der Waals surface area contributed by atoms with Crippen LogP contribution in [0, 0.1) is 0 Å². The average molecular weight is 310 g/mol. The predicted octanol–water partition coefficient (Wildman–Crippen LogP) is 2.30. The molecule has 1 atom stereocenters. The zero-order valence-electron chi connectivity index (χ0n) is 10.7. The number of nitrogens with zero attached hydrogens (tertiary/aromatic N) is 1. The molecule has 20 heavy (non-hydrogen) atoms. The number of urea groups is 1. The molecule has 0 fully saturated rings. The zero-order valence-corrected chi connectivity index (χ0v) is 11.5. The van der Waals surface area contributed by atoms with Crippen LogP contribution in [0.4, 0.5) is 18.0 Å². The first-order chi connectivity index (χ1) is 9.08. The zero-order chi connectivity index (χ0) is 15.6. The Balaban J connectivity index is 2.79. The van der Waals surface area contributed by atoms with Crippen molar-refractivity contribution in [3.8, 4) is 0 Å². The lowest BCUT2D eigenvalue weighted by molar-refractivity contribution is -0.203. The van der Waals surface area contributed by atoms with Crippen LogP contribution >= 0.6 is 11.3 Å². The number of amides is 2. The van der Waals surface area contributed by atoms with Crippen LogP contribution in [0.5, 0.6) is 0 Å². The maximum atomic E-state index is 12.7. The second-order valence-electron chi connectivity index (χ2n) is 4.35. The predicted molar refractivity (Wildman–Crippen MR) is 66.4 cm³/mol. The maximum absolute atomic E-state index is 12.7. The minimum Gasteiger partial charge on any atom is -0.479 e. The van der Waals surface area contributed by atoms with Crippen LogP contribution in [-0.4, -0.2) is 40.8 Å². The minimum atomic E-state index is -5.10. The Labute approximate surface area is 117 Å². The quantitative estimate of drug-likeness (QED) is 0.896. The van der Waals surface area contributed by atoms with Crippen LogP contribution in [0.15, 0.2) is 16.8 Å². The highest BCUT2D eigenvalue weighted by Gasteiger charge is 2.58. The van der Waals surface area contributed by atoms with E-state index in [1.54, 1.807) is 16.8 Å². The molecular formula is C11H13F3N2O3S. The van der Waals surface area contributed by atoms with Crippen LogP contribution in [0.2, 0.25) is 0 Å². The fourth-order valence-electron chi connectivity index (χ4n) is 1.28. The van der Waals surface area contributed by atoms with Crippen molar-refractivity contribution in [2.45, 2.75) is 25.2 Å². The van der Waals surface area contributed by atoms with Crippen molar-refractivity contribution < 1.29 is 27.9 Å². The first-order valence-electron chi connectivity index (χ1n) is 5.42. The van der Waals surface area contributed by atoms with Gasteiger partial charge in [0.15, 0.2) is 0 Å². The molecule has 2 N–H and O–H groups in total. The summed E-state index contributed by atoms with van der Waals surface area (Å²) in [6, 6.07) is 0.604. The topological polar surface area (TPSA) is 69.6 Å². The number of carboxylic acids is 1. The first-order valence-corrected chi connectivity index (χ1v) is 6.36. The number of carbonyl (C=O) groups is 2. The highest BCUT2D eigenvalue weighted by molar-refractivity contribution is 7.07. The van der Waals surface area contributed by atoms with Crippen LogP contribution in [0.25, 0.3) is 0 Å². The molecule has 0 aliphatic carbocycles. The summed E-state index contributed by atoms with van der Waals surface area (Å²) in [5.41, 5.74) is -2.58. The Hall–Kier alpha value is -1.77. The van der Waals surface area contributed by atoms with E-state index in [9.17, 15) is 22.8 Å². The summed E-state index contributed by atoms with van der Waals surface area (Å²) in [5.74, 6) is -2.16. The molecule has 9 heteroatoms. The van der Waals surface area contributed by atoms with Gasteiger partial charge in [-0.2, -0.15) is 24.5 Å². The molecule has 0 bridgehead atoms. The fourth-order valence-corrected chi connectivity index (χ4v) is 1.94. The molecule has 0 spiro atoms. The lowest BCUT2D eigenvalue weighted by Gasteiger charge is -2.30. The summed E-state index contributed by atoms with van der Waals surface area (Å²) < 4.78 is 38.2. The number of halogens is 3. The highest BCUT2D eigenvalue weighted by Crippen LogP contribution is 2.30. The van der Waals surface area contributed by atoms with Crippen LogP contribution in [0.1, 0.15) is 12.5 Å². The Morgan fingerprint density at radius 1 is 1.45 bits per heavy atom.